The second-order valence-electron chi connectivity index (χ2n) is 4.56. The molecule has 7 heteroatoms. The molecule has 3 rings (SSSR count). The summed E-state index contributed by atoms with van der Waals surface area (Å²) in [7, 11) is 0. The van der Waals surface area contributed by atoms with E-state index in [1.54, 1.807) is 0 Å². The van der Waals surface area contributed by atoms with E-state index < -0.39 is 6.10 Å². The Morgan fingerprint density at radius 1 is 1.43 bits per heavy atom. The molecular weight excluding hydrogens is 270 g/mol. The predicted molar refractivity (Wildman–Crippen MR) is 74.5 cm³/mol. The molecule has 0 radical (unpaired) electrons. The van der Waals surface area contributed by atoms with Crippen molar-refractivity contribution in [2.75, 3.05) is 6.61 Å². The Labute approximate surface area is 120 Å². The Balaban J connectivity index is 1.62. The first-order valence-electron chi connectivity index (χ1n) is 6.43. The van der Waals surface area contributed by atoms with Gasteiger partial charge in [-0.05, 0) is 18.2 Å². The van der Waals surface area contributed by atoms with Crippen LogP contribution in [-0.2, 0) is 6.54 Å². The molecule has 7 nitrogen and oxygen atoms in total. The monoisotopic (exact) mass is 283 g/mol. The number of ether oxygens (including phenoxy) is 1. The average molecular weight is 283 g/mol. The SMILES string of the molecule is N#Cc1ncn(CC(O)COc2cccc3[nH]ccc23)n1. The van der Waals surface area contributed by atoms with E-state index in [2.05, 4.69) is 15.1 Å². The van der Waals surface area contributed by atoms with Crippen LogP contribution in [0.3, 0.4) is 0 Å². The summed E-state index contributed by atoms with van der Waals surface area (Å²) >= 11 is 0. The normalized spacial score (nSPS) is 12.2. The molecule has 21 heavy (non-hydrogen) atoms. The molecule has 0 saturated heterocycles. The van der Waals surface area contributed by atoms with E-state index in [0.717, 1.165) is 10.9 Å². The molecule has 0 fully saturated rings. The Morgan fingerprint density at radius 3 is 3.14 bits per heavy atom. The third kappa shape index (κ3) is 2.85. The standard InChI is InChI=1S/C14H13N5O2/c15-6-14-17-9-19(18-14)7-10(20)8-21-13-3-1-2-12-11(13)4-5-16-12/h1-5,9-10,16,20H,7-8H2. The van der Waals surface area contributed by atoms with Gasteiger partial charge in [0.2, 0.25) is 0 Å². The van der Waals surface area contributed by atoms with Crippen LogP contribution in [0.5, 0.6) is 5.75 Å². The molecule has 0 bridgehead atoms. The molecule has 2 heterocycles. The van der Waals surface area contributed by atoms with Gasteiger partial charge in [-0.1, -0.05) is 6.07 Å². The van der Waals surface area contributed by atoms with Gasteiger partial charge in [0.25, 0.3) is 5.82 Å². The van der Waals surface area contributed by atoms with Crippen LogP contribution in [0.25, 0.3) is 10.9 Å². The molecule has 2 aromatic heterocycles. The van der Waals surface area contributed by atoms with Gasteiger partial charge in [-0.25, -0.2) is 9.67 Å². The van der Waals surface area contributed by atoms with Gasteiger partial charge in [-0.15, -0.1) is 5.10 Å². The largest absolute Gasteiger partial charge is 0.490 e. The van der Waals surface area contributed by atoms with E-state index in [1.165, 1.54) is 11.0 Å². The summed E-state index contributed by atoms with van der Waals surface area (Å²) in [6, 6.07) is 9.46. The highest BCUT2D eigenvalue weighted by atomic mass is 16.5. The van der Waals surface area contributed by atoms with Crippen LogP contribution in [0.4, 0.5) is 0 Å². The minimum Gasteiger partial charge on any atom is -0.490 e. The van der Waals surface area contributed by atoms with Crippen LogP contribution >= 0.6 is 0 Å². The maximum atomic E-state index is 9.96. The van der Waals surface area contributed by atoms with Crippen molar-refractivity contribution in [1.29, 1.82) is 5.26 Å². The average Bonchev–Trinajstić information content (AvgIpc) is 3.13. The summed E-state index contributed by atoms with van der Waals surface area (Å²) < 4.78 is 7.07. The molecule has 3 aromatic rings. The van der Waals surface area contributed by atoms with E-state index in [9.17, 15) is 5.11 Å². The highest BCUT2D eigenvalue weighted by molar-refractivity contribution is 5.85. The fourth-order valence-electron chi connectivity index (χ4n) is 2.07. The van der Waals surface area contributed by atoms with Gasteiger partial charge >= 0.3 is 0 Å². The predicted octanol–water partition coefficient (Wildman–Crippen LogP) is 1.07. The zero-order chi connectivity index (χ0) is 14.7. The lowest BCUT2D eigenvalue weighted by atomic mass is 10.2. The van der Waals surface area contributed by atoms with Crippen molar-refractivity contribution in [2.45, 2.75) is 12.6 Å². The second-order valence-corrected chi connectivity index (χ2v) is 4.56. The van der Waals surface area contributed by atoms with Crippen LogP contribution in [0.15, 0.2) is 36.8 Å². The van der Waals surface area contributed by atoms with Gasteiger partial charge < -0.3 is 14.8 Å². The highest BCUT2D eigenvalue weighted by Gasteiger charge is 2.10. The number of aromatic nitrogens is 4. The van der Waals surface area contributed by atoms with Gasteiger partial charge in [0.05, 0.1) is 6.54 Å². The molecule has 0 aliphatic heterocycles. The molecule has 1 aromatic carbocycles. The Bertz CT molecular complexity index is 786. The number of aromatic amines is 1. The lowest BCUT2D eigenvalue weighted by Crippen LogP contribution is -2.24. The van der Waals surface area contributed by atoms with E-state index >= 15 is 0 Å². The minimum absolute atomic E-state index is 0.0835. The molecule has 0 spiro atoms. The Morgan fingerprint density at radius 2 is 2.33 bits per heavy atom. The number of fused-ring (bicyclic) bond motifs is 1. The van der Waals surface area contributed by atoms with Crippen molar-refractivity contribution in [3.63, 3.8) is 0 Å². The maximum absolute atomic E-state index is 9.96. The first kappa shape index (κ1) is 13.1. The van der Waals surface area contributed by atoms with Gasteiger partial charge in [-0.2, -0.15) is 5.26 Å². The number of nitrogens with one attached hydrogen (secondary N) is 1. The Hall–Kier alpha value is -2.85. The first-order chi connectivity index (χ1) is 10.3. The topological polar surface area (TPSA) is 99.8 Å². The highest BCUT2D eigenvalue weighted by Crippen LogP contribution is 2.24. The Kier molecular flexibility index (Phi) is 3.53. The van der Waals surface area contributed by atoms with Crippen LogP contribution in [0.1, 0.15) is 5.82 Å². The number of hydrogen-bond acceptors (Lipinski definition) is 5. The lowest BCUT2D eigenvalue weighted by Gasteiger charge is -2.12. The van der Waals surface area contributed by atoms with Crippen LogP contribution < -0.4 is 4.74 Å². The summed E-state index contributed by atoms with van der Waals surface area (Å²) in [4.78, 5) is 6.88. The molecule has 106 valence electrons. The zero-order valence-corrected chi connectivity index (χ0v) is 11.1. The molecule has 2 N–H and O–H groups in total. The molecule has 1 unspecified atom stereocenters. The molecule has 0 aliphatic carbocycles. The number of aliphatic hydroxyl groups is 1. The van der Waals surface area contributed by atoms with Gasteiger partial charge in [0.1, 0.15) is 30.9 Å². The van der Waals surface area contributed by atoms with Crippen LogP contribution in [0.2, 0.25) is 0 Å². The van der Waals surface area contributed by atoms with Crippen molar-refractivity contribution in [3.8, 4) is 11.8 Å². The summed E-state index contributed by atoms with van der Waals surface area (Å²) in [5.74, 6) is 0.796. The number of hydrogen-bond donors (Lipinski definition) is 2. The number of nitrogens with zero attached hydrogens (tertiary/aromatic N) is 4. The molecule has 0 saturated carbocycles. The quantitative estimate of drug-likeness (QED) is 0.729. The number of nitriles is 1. The van der Waals surface area contributed by atoms with Gasteiger partial charge in [0, 0.05) is 17.1 Å². The lowest BCUT2D eigenvalue weighted by molar-refractivity contribution is 0.0899. The van der Waals surface area contributed by atoms with Gasteiger partial charge in [0.15, 0.2) is 0 Å². The number of H-pyrrole nitrogens is 1. The van der Waals surface area contributed by atoms with Crippen molar-refractivity contribution >= 4 is 10.9 Å². The molecule has 0 aliphatic rings. The van der Waals surface area contributed by atoms with Crippen molar-refractivity contribution in [2.24, 2.45) is 0 Å². The van der Waals surface area contributed by atoms with E-state index in [0.29, 0.717) is 5.75 Å². The van der Waals surface area contributed by atoms with Gasteiger partial charge in [-0.3, -0.25) is 0 Å². The number of aliphatic hydroxyl groups excluding tert-OH is 1. The third-order valence-corrected chi connectivity index (χ3v) is 3.02. The summed E-state index contributed by atoms with van der Waals surface area (Å²) in [6.07, 6.45) is 2.51. The summed E-state index contributed by atoms with van der Waals surface area (Å²) in [6.45, 7) is 0.351. The number of rotatable bonds is 5. The molecule has 0 amide bonds. The minimum atomic E-state index is -0.743. The van der Waals surface area contributed by atoms with Crippen molar-refractivity contribution in [3.05, 3.63) is 42.6 Å². The summed E-state index contributed by atoms with van der Waals surface area (Å²) in [5.41, 5.74) is 0.983. The first-order valence-corrected chi connectivity index (χ1v) is 6.43. The van der Waals surface area contributed by atoms with Crippen LogP contribution in [0, 0.1) is 11.3 Å². The summed E-state index contributed by atoms with van der Waals surface area (Å²) in [5, 5.41) is 23.5. The fourth-order valence-corrected chi connectivity index (χ4v) is 2.07. The smallest absolute Gasteiger partial charge is 0.252 e. The van der Waals surface area contributed by atoms with Crippen LogP contribution in [-0.4, -0.2) is 37.6 Å². The van der Waals surface area contributed by atoms with E-state index in [1.807, 2.05) is 36.5 Å². The van der Waals surface area contributed by atoms with Crippen molar-refractivity contribution < 1.29 is 9.84 Å². The maximum Gasteiger partial charge on any atom is 0.252 e. The van der Waals surface area contributed by atoms with Crippen molar-refractivity contribution in [1.82, 2.24) is 19.7 Å². The van der Waals surface area contributed by atoms with E-state index in [-0.39, 0.29) is 19.0 Å². The zero-order valence-electron chi connectivity index (χ0n) is 11.1. The third-order valence-electron chi connectivity index (χ3n) is 3.02. The molecular formula is C14H13N5O2. The fraction of sp³-hybridized carbons (Fsp3) is 0.214. The van der Waals surface area contributed by atoms with E-state index in [4.69, 9.17) is 10.00 Å². The second kappa shape index (κ2) is 5.64. The number of benzene rings is 1. The molecule has 1 atom stereocenters.